The van der Waals surface area contributed by atoms with Crippen LogP contribution in [0.5, 0.6) is 0 Å². The van der Waals surface area contributed by atoms with Crippen LogP contribution in [0.1, 0.15) is 63.3 Å². The van der Waals surface area contributed by atoms with E-state index in [4.69, 9.17) is 16.1 Å². The zero-order valence-corrected chi connectivity index (χ0v) is 16.1. The number of aromatic nitrogens is 2. The second-order valence-corrected chi connectivity index (χ2v) is 7.89. The molecule has 2 heterocycles. The topological polar surface area (TPSA) is 71.3 Å². The first-order valence-corrected chi connectivity index (χ1v) is 10.3. The van der Waals surface area contributed by atoms with Crippen molar-refractivity contribution in [1.82, 2.24) is 20.4 Å². The molecule has 27 heavy (non-hydrogen) atoms. The van der Waals surface area contributed by atoms with Gasteiger partial charge in [-0.2, -0.15) is 4.98 Å². The molecule has 1 saturated heterocycles. The highest BCUT2D eigenvalue weighted by Gasteiger charge is 2.33. The van der Waals surface area contributed by atoms with Gasteiger partial charge in [0.05, 0.1) is 0 Å². The van der Waals surface area contributed by atoms with Crippen molar-refractivity contribution in [3.8, 4) is 11.4 Å². The van der Waals surface area contributed by atoms with Crippen molar-refractivity contribution < 1.29 is 9.32 Å². The Kier molecular flexibility index (Phi) is 5.62. The summed E-state index contributed by atoms with van der Waals surface area (Å²) in [5.74, 6) is 1.01. The van der Waals surface area contributed by atoms with Crippen molar-refractivity contribution in [2.45, 2.75) is 63.5 Å². The molecule has 7 heteroatoms. The Morgan fingerprint density at radius 1 is 1.15 bits per heavy atom. The van der Waals surface area contributed by atoms with E-state index in [1.165, 1.54) is 19.3 Å². The smallest absolute Gasteiger partial charge is 0.318 e. The molecule has 6 nitrogen and oxygen atoms in total. The molecule has 144 valence electrons. The number of urea groups is 1. The number of piperidine rings is 1. The quantitative estimate of drug-likeness (QED) is 0.806. The Bertz CT molecular complexity index is 788. The van der Waals surface area contributed by atoms with Crippen LogP contribution < -0.4 is 5.32 Å². The number of likely N-dealkylation sites (tertiary alicyclic amines) is 1. The molecule has 1 unspecified atom stereocenters. The Morgan fingerprint density at radius 3 is 2.78 bits per heavy atom. The summed E-state index contributed by atoms with van der Waals surface area (Å²) in [5.41, 5.74) is 0.812. The molecule has 1 aromatic carbocycles. The van der Waals surface area contributed by atoms with Crippen LogP contribution in [-0.2, 0) is 0 Å². The molecule has 1 aromatic heterocycles. The normalized spacial score (nSPS) is 21.2. The van der Waals surface area contributed by atoms with Gasteiger partial charge in [0.2, 0.25) is 11.7 Å². The molecule has 0 spiro atoms. The van der Waals surface area contributed by atoms with Gasteiger partial charge >= 0.3 is 6.03 Å². The number of hydrogen-bond donors (Lipinski definition) is 1. The predicted molar refractivity (Wildman–Crippen MR) is 103 cm³/mol. The Hall–Kier alpha value is -2.08. The summed E-state index contributed by atoms with van der Waals surface area (Å²) in [4.78, 5) is 19.3. The van der Waals surface area contributed by atoms with Crippen molar-refractivity contribution in [1.29, 1.82) is 0 Å². The summed E-state index contributed by atoms with van der Waals surface area (Å²) in [5, 5.41) is 7.95. The third kappa shape index (κ3) is 4.26. The number of hydrogen-bond acceptors (Lipinski definition) is 4. The Labute approximate surface area is 164 Å². The lowest BCUT2D eigenvalue weighted by Crippen LogP contribution is -2.48. The van der Waals surface area contributed by atoms with Gasteiger partial charge in [0.15, 0.2) is 0 Å². The summed E-state index contributed by atoms with van der Waals surface area (Å²) >= 11 is 6.06. The molecule has 2 fully saturated rings. The number of nitrogens with zero attached hydrogens (tertiary/aromatic N) is 3. The maximum atomic E-state index is 12.9. The van der Waals surface area contributed by atoms with E-state index in [1.54, 1.807) is 0 Å². The van der Waals surface area contributed by atoms with E-state index in [2.05, 4.69) is 15.5 Å². The maximum absolute atomic E-state index is 12.9. The zero-order chi connectivity index (χ0) is 18.6. The fourth-order valence-corrected chi connectivity index (χ4v) is 4.24. The van der Waals surface area contributed by atoms with Crippen LogP contribution in [0.15, 0.2) is 28.8 Å². The number of halogens is 1. The number of rotatable bonds is 3. The number of carbonyl (C=O) groups is 1. The molecule has 4 rings (SSSR count). The highest BCUT2D eigenvalue weighted by molar-refractivity contribution is 6.30. The van der Waals surface area contributed by atoms with Crippen molar-refractivity contribution in [2.75, 3.05) is 6.54 Å². The van der Waals surface area contributed by atoms with Gasteiger partial charge in [0.1, 0.15) is 6.04 Å². The second-order valence-electron chi connectivity index (χ2n) is 7.46. The predicted octanol–water partition coefficient (Wildman–Crippen LogP) is 4.96. The van der Waals surface area contributed by atoms with Crippen LogP contribution in [0.25, 0.3) is 11.4 Å². The molecule has 2 aromatic rings. The van der Waals surface area contributed by atoms with Crippen LogP contribution in [0.2, 0.25) is 5.02 Å². The molecule has 2 amide bonds. The van der Waals surface area contributed by atoms with Crippen LogP contribution in [-0.4, -0.2) is 33.7 Å². The maximum Gasteiger partial charge on any atom is 0.318 e. The first-order chi connectivity index (χ1) is 13.2. The van der Waals surface area contributed by atoms with Crippen molar-refractivity contribution in [3.63, 3.8) is 0 Å². The first-order valence-electron chi connectivity index (χ1n) is 9.87. The van der Waals surface area contributed by atoms with E-state index in [0.717, 1.165) is 44.2 Å². The lowest BCUT2D eigenvalue weighted by atomic mass is 9.95. The molecule has 1 atom stereocenters. The van der Waals surface area contributed by atoms with E-state index in [-0.39, 0.29) is 12.1 Å². The summed E-state index contributed by atoms with van der Waals surface area (Å²) < 4.78 is 5.54. The number of carbonyl (C=O) groups excluding carboxylic acids is 1. The molecule has 2 aliphatic rings. The summed E-state index contributed by atoms with van der Waals surface area (Å²) in [6.07, 6.45) is 8.70. The van der Waals surface area contributed by atoms with Gasteiger partial charge in [-0.05, 0) is 44.2 Å². The summed E-state index contributed by atoms with van der Waals surface area (Å²) in [7, 11) is 0. The van der Waals surface area contributed by atoms with Crippen LogP contribution in [0.3, 0.4) is 0 Å². The van der Waals surface area contributed by atoms with E-state index in [0.29, 0.717) is 22.8 Å². The SMILES string of the molecule is O=C(NC1CCCCC1)N1CCCCC1c1nc(-c2cccc(Cl)c2)no1. The standard InChI is InChI=1S/C20H25ClN4O2/c21-15-8-6-7-14(13-15)18-23-19(27-24-18)17-11-4-5-12-25(17)20(26)22-16-9-2-1-3-10-16/h6-8,13,16-17H,1-5,9-12H2,(H,22,26). The fraction of sp³-hybridized carbons (Fsp3) is 0.550. The van der Waals surface area contributed by atoms with Gasteiger partial charge in [-0.1, -0.05) is 48.2 Å². The van der Waals surface area contributed by atoms with Crippen LogP contribution >= 0.6 is 11.6 Å². The number of benzene rings is 1. The highest BCUT2D eigenvalue weighted by Crippen LogP contribution is 2.32. The second kappa shape index (κ2) is 8.30. The molecular weight excluding hydrogens is 364 g/mol. The van der Waals surface area contributed by atoms with E-state index in [9.17, 15) is 4.79 Å². The van der Waals surface area contributed by atoms with Crippen molar-refractivity contribution in [3.05, 3.63) is 35.2 Å². The van der Waals surface area contributed by atoms with Crippen LogP contribution in [0, 0.1) is 0 Å². The van der Waals surface area contributed by atoms with Crippen LogP contribution in [0.4, 0.5) is 4.79 Å². The number of nitrogens with one attached hydrogen (secondary N) is 1. The van der Waals surface area contributed by atoms with Gasteiger partial charge in [-0.25, -0.2) is 4.79 Å². The third-order valence-electron chi connectivity index (χ3n) is 5.51. The van der Waals surface area contributed by atoms with Crippen molar-refractivity contribution in [2.24, 2.45) is 0 Å². The number of amides is 2. The Balaban J connectivity index is 1.49. The average Bonchev–Trinajstić information content (AvgIpc) is 3.19. The zero-order valence-electron chi connectivity index (χ0n) is 15.4. The van der Waals surface area contributed by atoms with Gasteiger partial charge < -0.3 is 14.7 Å². The highest BCUT2D eigenvalue weighted by atomic mass is 35.5. The lowest BCUT2D eigenvalue weighted by Gasteiger charge is -2.35. The van der Waals surface area contributed by atoms with E-state index < -0.39 is 0 Å². The monoisotopic (exact) mass is 388 g/mol. The first kappa shape index (κ1) is 18.3. The molecule has 1 aliphatic heterocycles. The van der Waals surface area contributed by atoms with Crippen molar-refractivity contribution >= 4 is 17.6 Å². The largest absolute Gasteiger partial charge is 0.337 e. The van der Waals surface area contributed by atoms with E-state index in [1.807, 2.05) is 29.2 Å². The molecular formula is C20H25ClN4O2. The summed E-state index contributed by atoms with van der Waals surface area (Å²) in [6.45, 7) is 0.720. The summed E-state index contributed by atoms with van der Waals surface area (Å²) in [6, 6.07) is 7.50. The molecule has 1 N–H and O–H groups in total. The molecule has 1 saturated carbocycles. The Morgan fingerprint density at radius 2 is 1.96 bits per heavy atom. The average molecular weight is 389 g/mol. The lowest BCUT2D eigenvalue weighted by molar-refractivity contribution is 0.127. The van der Waals surface area contributed by atoms with Gasteiger partial charge in [-0.3, -0.25) is 0 Å². The molecule has 0 radical (unpaired) electrons. The minimum atomic E-state index is -0.164. The van der Waals surface area contributed by atoms with Gasteiger partial charge in [-0.15, -0.1) is 0 Å². The molecule has 1 aliphatic carbocycles. The van der Waals surface area contributed by atoms with E-state index >= 15 is 0 Å². The van der Waals surface area contributed by atoms with Gasteiger partial charge in [0, 0.05) is 23.2 Å². The third-order valence-corrected chi connectivity index (χ3v) is 5.74. The minimum absolute atomic E-state index is 0.00546. The van der Waals surface area contributed by atoms with Gasteiger partial charge in [0.25, 0.3) is 0 Å². The molecule has 0 bridgehead atoms. The minimum Gasteiger partial charge on any atom is -0.337 e. The fourth-order valence-electron chi connectivity index (χ4n) is 4.05.